The maximum atomic E-state index is 13.1. The molecule has 5 rings (SSSR count). The van der Waals surface area contributed by atoms with Crippen LogP contribution >= 0.6 is 0 Å². The molecule has 0 aliphatic heterocycles. The number of fused-ring (bicyclic) bond motifs is 2. The van der Waals surface area contributed by atoms with Crippen LogP contribution in [-0.4, -0.2) is 36.3 Å². The fourth-order valence-electron chi connectivity index (χ4n) is 4.71. The van der Waals surface area contributed by atoms with Crippen LogP contribution < -0.4 is 19.5 Å². The summed E-state index contributed by atoms with van der Waals surface area (Å²) in [5.41, 5.74) is 2.41. The highest BCUT2D eigenvalue weighted by Crippen LogP contribution is 2.29. The van der Waals surface area contributed by atoms with Gasteiger partial charge in [0.1, 0.15) is 11.6 Å². The number of amides is 1. The Morgan fingerprint density at radius 1 is 0.895 bits per heavy atom. The molecule has 0 radical (unpaired) electrons. The highest BCUT2D eigenvalue weighted by Gasteiger charge is 2.20. The maximum Gasteiger partial charge on any atom is 0.251 e. The van der Waals surface area contributed by atoms with Crippen LogP contribution in [-0.2, 0) is 6.54 Å². The molecule has 0 saturated carbocycles. The number of hydrogen-bond acceptors (Lipinski definition) is 5. The number of imidazole rings is 1. The van der Waals surface area contributed by atoms with Gasteiger partial charge in [0.25, 0.3) is 5.91 Å². The van der Waals surface area contributed by atoms with E-state index in [1.165, 1.54) is 0 Å². The van der Waals surface area contributed by atoms with Gasteiger partial charge < -0.3 is 24.1 Å². The van der Waals surface area contributed by atoms with Crippen molar-refractivity contribution in [2.45, 2.75) is 25.9 Å². The Kier molecular flexibility index (Phi) is 7.45. The third-order valence-corrected chi connectivity index (χ3v) is 6.60. The maximum absolute atomic E-state index is 13.1. The smallest absolute Gasteiger partial charge is 0.251 e. The topological polar surface area (TPSA) is 74.6 Å². The minimum absolute atomic E-state index is 0.212. The minimum Gasteiger partial charge on any atom is -0.493 e. The Hall–Kier alpha value is -4.52. The van der Waals surface area contributed by atoms with Gasteiger partial charge in [-0.25, -0.2) is 4.98 Å². The Morgan fingerprint density at radius 2 is 1.66 bits per heavy atom. The number of rotatable bonds is 10. The van der Waals surface area contributed by atoms with E-state index in [0.717, 1.165) is 39.8 Å². The van der Waals surface area contributed by atoms with Crippen LogP contribution in [0.15, 0.2) is 84.9 Å². The summed E-state index contributed by atoms with van der Waals surface area (Å²) >= 11 is 0. The molecule has 0 aliphatic rings. The van der Waals surface area contributed by atoms with Crippen molar-refractivity contribution >= 4 is 27.7 Å². The van der Waals surface area contributed by atoms with Gasteiger partial charge in [0.15, 0.2) is 11.5 Å². The molecule has 1 aromatic heterocycles. The number of aryl methyl sites for hydroxylation is 1. The molecule has 1 atom stereocenters. The molecule has 0 saturated heterocycles. The molecule has 38 heavy (non-hydrogen) atoms. The van der Waals surface area contributed by atoms with Crippen LogP contribution in [0.2, 0.25) is 0 Å². The molecule has 1 amide bonds. The van der Waals surface area contributed by atoms with Gasteiger partial charge in [0, 0.05) is 17.5 Å². The summed E-state index contributed by atoms with van der Waals surface area (Å²) in [5, 5.41) is 5.36. The second-order valence-electron chi connectivity index (χ2n) is 9.05. The number of nitrogens with zero attached hydrogens (tertiary/aromatic N) is 2. The van der Waals surface area contributed by atoms with E-state index in [0.29, 0.717) is 30.2 Å². The van der Waals surface area contributed by atoms with Gasteiger partial charge >= 0.3 is 0 Å². The van der Waals surface area contributed by atoms with Crippen LogP contribution in [0.5, 0.6) is 17.2 Å². The van der Waals surface area contributed by atoms with Gasteiger partial charge in [0.05, 0.1) is 37.9 Å². The van der Waals surface area contributed by atoms with E-state index in [1.807, 2.05) is 49.4 Å². The standard InChI is InChI=1S/C31H31N3O4/c1-21(32-31(35)23-16-17-28(36-2)29(20-23)37-3)30-33-25-13-6-7-14-26(25)34(30)18-9-19-38-27-15-8-11-22-10-4-5-12-24(22)27/h4-8,10-17,20-21H,9,18-19H2,1-3H3,(H,32,35). The molecule has 1 N–H and O–H groups in total. The Balaban J connectivity index is 1.31. The van der Waals surface area contributed by atoms with Crippen molar-refractivity contribution in [3.63, 3.8) is 0 Å². The summed E-state index contributed by atoms with van der Waals surface area (Å²) in [6.07, 6.45) is 0.785. The lowest BCUT2D eigenvalue weighted by molar-refractivity contribution is 0.0937. The fourth-order valence-corrected chi connectivity index (χ4v) is 4.71. The first-order chi connectivity index (χ1) is 18.6. The molecule has 0 bridgehead atoms. The van der Waals surface area contributed by atoms with Gasteiger partial charge in [-0.1, -0.05) is 48.5 Å². The number of carbonyl (C=O) groups excluding carboxylic acids is 1. The summed E-state index contributed by atoms with van der Waals surface area (Å²) in [4.78, 5) is 17.9. The average Bonchev–Trinajstić information content (AvgIpc) is 3.33. The Morgan fingerprint density at radius 3 is 2.50 bits per heavy atom. The predicted molar refractivity (Wildman–Crippen MR) is 149 cm³/mol. The van der Waals surface area contributed by atoms with Crippen LogP contribution in [0.4, 0.5) is 0 Å². The van der Waals surface area contributed by atoms with Gasteiger partial charge in [-0.3, -0.25) is 4.79 Å². The zero-order valence-corrected chi connectivity index (χ0v) is 21.8. The van der Waals surface area contributed by atoms with Crippen LogP contribution in [0.1, 0.15) is 35.6 Å². The van der Waals surface area contributed by atoms with E-state index >= 15 is 0 Å². The largest absolute Gasteiger partial charge is 0.493 e. The number of carbonyl (C=O) groups is 1. The van der Waals surface area contributed by atoms with Crippen molar-refractivity contribution < 1.29 is 19.0 Å². The molecule has 0 fully saturated rings. The van der Waals surface area contributed by atoms with E-state index < -0.39 is 0 Å². The van der Waals surface area contributed by atoms with Crippen LogP contribution in [0, 0.1) is 0 Å². The predicted octanol–water partition coefficient (Wildman–Crippen LogP) is 6.17. The molecule has 1 heterocycles. The molecular formula is C31H31N3O4. The SMILES string of the molecule is COc1ccc(C(=O)NC(C)c2nc3ccccc3n2CCCOc2cccc3ccccc23)cc1OC. The number of methoxy groups -OCH3 is 2. The molecule has 194 valence electrons. The number of aromatic nitrogens is 2. The number of hydrogen-bond donors (Lipinski definition) is 1. The van der Waals surface area contributed by atoms with Crippen LogP contribution in [0.3, 0.4) is 0 Å². The molecule has 7 nitrogen and oxygen atoms in total. The lowest BCUT2D eigenvalue weighted by Gasteiger charge is -2.17. The summed E-state index contributed by atoms with van der Waals surface area (Å²) in [5.74, 6) is 2.55. The lowest BCUT2D eigenvalue weighted by Crippen LogP contribution is -2.29. The quantitative estimate of drug-likeness (QED) is 0.228. The van der Waals surface area contributed by atoms with Crippen molar-refractivity contribution in [1.29, 1.82) is 0 Å². The van der Waals surface area contributed by atoms with Crippen molar-refractivity contribution in [2.24, 2.45) is 0 Å². The minimum atomic E-state index is -0.318. The second-order valence-corrected chi connectivity index (χ2v) is 9.05. The van der Waals surface area contributed by atoms with Crippen LogP contribution in [0.25, 0.3) is 21.8 Å². The average molecular weight is 510 g/mol. The molecule has 0 spiro atoms. The zero-order valence-electron chi connectivity index (χ0n) is 21.8. The van der Waals surface area contributed by atoms with E-state index in [4.69, 9.17) is 19.2 Å². The monoisotopic (exact) mass is 509 g/mol. The Labute approximate surface area is 222 Å². The van der Waals surface area contributed by atoms with Gasteiger partial charge in [0.2, 0.25) is 0 Å². The summed E-state index contributed by atoms with van der Waals surface area (Å²) in [7, 11) is 3.12. The van der Waals surface area contributed by atoms with Gasteiger partial charge in [-0.05, 0) is 55.1 Å². The number of benzene rings is 4. The zero-order chi connectivity index (χ0) is 26.5. The first kappa shape index (κ1) is 25.1. The third-order valence-electron chi connectivity index (χ3n) is 6.60. The van der Waals surface area contributed by atoms with Crippen molar-refractivity contribution in [3.8, 4) is 17.2 Å². The van der Waals surface area contributed by atoms with E-state index in [2.05, 4.69) is 34.1 Å². The summed E-state index contributed by atoms with van der Waals surface area (Å²) < 4.78 is 19.0. The first-order valence-electron chi connectivity index (χ1n) is 12.7. The third kappa shape index (κ3) is 5.13. The van der Waals surface area contributed by atoms with Crippen molar-refractivity contribution in [3.05, 3.63) is 96.3 Å². The molecular weight excluding hydrogens is 478 g/mol. The summed E-state index contributed by atoms with van der Waals surface area (Å²) in [6, 6.07) is 27.2. The molecule has 4 aromatic carbocycles. The fraction of sp³-hybridized carbons (Fsp3) is 0.226. The Bertz CT molecular complexity index is 1570. The highest BCUT2D eigenvalue weighted by molar-refractivity contribution is 5.95. The van der Waals surface area contributed by atoms with E-state index in [1.54, 1.807) is 32.4 Å². The molecule has 7 heteroatoms. The van der Waals surface area contributed by atoms with E-state index in [-0.39, 0.29) is 11.9 Å². The molecule has 1 unspecified atom stereocenters. The molecule has 5 aromatic rings. The van der Waals surface area contributed by atoms with Crippen molar-refractivity contribution in [1.82, 2.24) is 14.9 Å². The normalized spacial score (nSPS) is 11.9. The number of para-hydroxylation sites is 2. The summed E-state index contributed by atoms with van der Waals surface area (Å²) in [6.45, 7) is 3.21. The van der Waals surface area contributed by atoms with Crippen molar-refractivity contribution in [2.75, 3.05) is 20.8 Å². The first-order valence-corrected chi connectivity index (χ1v) is 12.7. The van der Waals surface area contributed by atoms with Gasteiger partial charge in [-0.2, -0.15) is 0 Å². The lowest BCUT2D eigenvalue weighted by atomic mass is 10.1. The van der Waals surface area contributed by atoms with E-state index in [9.17, 15) is 4.79 Å². The second kappa shape index (κ2) is 11.3. The van der Waals surface area contributed by atoms with Gasteiger partial charge in [-0.15, -0.1) is 0 Å². The highest BCUT2D eigenvalue weighted by atomic mass is 16.5. The molecule has 0 aliphatic carbocycles. The number of nitrogens with one attached hydrogen (secondary N) is 1. The number of ether oxygens (including phenoxy) is 3.